The third-order valence-corrected chi connectivity index (χ3v) is 4.33. The highest BCUT2D eigenvalue weighted by atomic mass is 16.2. The van der Waals surface area contributed by atoms with Crippen molar-refractivity contribution < 1.29 is 9.59 Å². The number of primary amides is 1. The number of rotatable bonds is 5. The second kappa shape index (κ2) is 7.70. The zero-order valence-electron chi connectivity index (χ0n) is 14.5. The number of fused-ring (bicyclic) bond motifs is 1. The number of benzene rings is 3. The summed E-state index contributed by atoms with van der Waals surface area (Å²) in [5.41, 5.74) is 7.91. The normalized spacial score (nSPS) is 11.7. The van der Waals surface area contributed by atoms with Crippen LogP contribution in [0.2, 0.25) is 0 Å². The number of aryl methyl sites for hydroxylation is 1. The molecule has 5 nitrogen and oxygen atoms in total. The van der Waals surface area contributed by atoms with Crippen molar-refractivity contribution in [2.45, 2.75) is 19.4 Å². The molecule has 0 aliphatic carbocycles. The molecule has 3 aromatic carbocycles. The summed E-state index contributed by atoms with van der Waals surface area (Å²) in [6.07, 6.45) is 0.0943. The van der Waals surface area contributed by atoms with Crippen LogP contribution < -0.4 is 16.4 Å². The molecule has 0 bridgehead atoms. The molecule has 3 aromatic rings. The number of nitrogens with two attached hydrogens (primary N) is 1. The van der Waals surface area contributed by atoms with Gasteiger partial charge in [0, 0.05) is 11.1 Å². The molecule has 3 amide bonds. The van der Waals surface area contributed by atoms with Gasteiger partial charge in [0.15, 0.2) is 0 Å². The molecule has 0 spiro atoms. The molecule has 0 fully saturated rings. The summed E-state index contributed by atoms with van der Waals surface area (Å²) in [6, 6.07) is 20.1. The van der Waals surface area contributed by atoms with Crippen molar-refractivity contribution in [3.63, 3.8) is 0 Å². The maximum atomic E-state index is 12.6. The van der Waals surface area contributed by atoms with E-state index in [0.29, 0.717) is 0 Å². The predicted molar refractivity (Wildman–Crippen MR) is 104 cm³/mol. The molecular formula is C21H21N3O2. The number of carbonyl (C=O) groups excluding carboxylic acids is 2. The van der Waals surface area contributed by atoms with Crippen LogP contribution in [-0.2, 0) is 4.79 Å². The van der Waals surface area contributed by atoms with Crippen molar-refractivity contribution in [3.8, 4) is 0 Å². The summed E-state index contributed by atoms with van der Waals surface area (Å²) in [5.74, 6) is -0.191. The van der Waals surface area contributed by atoms with Crippen molar-refractivity contribution in [3.05, 3.63) is 77.9 Å². The van der Waals surface area contributed by atoms with Gasteiger partial charge in [0.05, 0.1) is 12.5 Å². The van der Waals surface area contributed by atoms with Crippen molar-refractivity contribution in [1.82, 2.24) is 5.32 Å². The van der Waals surface area contributed by atoms with Crippen LogP contribution in [0.15, 0.2) is 66.7 Å². The Balaban J connectivity index is 1.82. The molecule has 0 aromatic heterocycles. The number of nitrogens with one attached hydrogen (secondary N) is 2. The Bertz CT molecular complexity index is 947. The van der Waals surface area contributed by atoms with Gasteiger partial charge in [0.1, 0.15) is 0 Å². The lowest BCUT2D eigenvalue weighted by atomic mass is 9.98. The molecule has 26 heavy (non-hydrogen) atoms. The quantitative estimate of drug-likeness (QED) is 0.654. The molecule has 0 radical (unpaired) electrons. The first-order valence-electron chi connectivity index (χ1n) is 8.43. The van der Waals surface area contributed by atoms with E-state index in [4.69, 9.17) is 5.73 Å². The fourth-order valence-electron chi connectivity index (χ4n) is 3.11. The summed E-state index contributed by atoms with van der Waals surface area (Å²) < 4.78 is 0. The minimum Gasteiger partial charge on any atom is -0.352 e. The van der Waals surface area contributed by atoms with Crippen LogP contribution in [0.4, 0.5) is 10.5 Å². The van der Waals surface area contributed by atoms with Crippen molar-refractivity contribution in [2.75, 3.05) is 5.32 Å². The smallest absolute Gasteiger partial charge is 0.312 e. The molecule has 5 heteroatoms. The average Bonchev–Trinajstić information content (AvgIpc) is 2.61. The standard InChI is InChI=1S/C21H21N3O2/c1-14-7-2-4-10-16(14)19(24-21(22)26)13-20(25)23-18-12-6-9-15-8-3-5-11-17(15)18/h2-12,19H,13H2,1H3,(H,23,25)(H3,22,24,26). The Labute approximate surface area is 152 Å². The molecule has 0 aliphatic rings. The molecule has 0 heterocycles. The highest BCUT2D eigenvalue weighted by molar-refractivity contribution is 6.02. The second-order valence-corrected chi connectivity index (χ2v) is 6.20. The lowest BCUT2D eigenvalue weighted by Crippen LogP contribution is -2.35. The molecule has 1 atom stereocenters. The summed E-state index contributed by atoms with van der Waals surface area (Å²) >= 11 is 0. The minimum atomic E-state index is -0.656. The number of hydrogen-bond donors (Lipinski definition) is 3. The van der Waals surface area contributed by atoms with E-state index in [9.17, 15) is 9.59 Å². The third-order valence-electron chi connectivity index (χ3n) is 4.33. The molecular weight excluding hydrogens is 326 g/mol. The minimum absolute atomic E-state index is 0.0943. The maximum absolute atomic E-state index is 12.6. The van der Waals surface area contributed by atoms with Crippen LogP contribution in [0.5, 0.6) is 0 Å². The van der Waals surface area contributed by atoms with Crippen molar-refractivity contribution in [2.24, 2.45) is 5.73 Å². The van der Waals surface area contributed by atoms with Gasteiger partial charge in [-0.1, -0.05) is 60.7 Å². The molecule has 1 unspecified atom stereocenters. The Morgan fingerprint density at radius 1 is 0.962 bits per heavy atom. The second-order valence-electron chi connectivity index (χ2n) is 6.20. The maximum Gasteiger partial charge on any atom is 0.312 e. The van der Waals surface area contributed by atoms with E-state index in [1.165, 1.54) is 0 Å². The SMILES string of the molecule is Cc1ccccc1C(CC(=O)Nc1cccc2ccccc12)NC(N)=O. The zero-order chi connectivity index (χ0) is 18.5. The van der Waals surface area contributed by atoms with Crippen LogP contribution in [0.3, 0.4) is 0 Å². The predicted octanol–water partition coefficient (Wildman–Crippen LogP) is 3.89. The first-order chi connectivity index (χ1) is 12.5. The van der Waals surface area contributed by atoms with Gasteiger partial charge in [0.2, 0.25) is 5.91 Å². The summed E-state index contributed by atoms with van der Waals surface area (Å²) in [4.78, 5) is 24.0. The van der Waals surface area contributed by atoms with E-state index < -0.39 is 12.1 Å². The topological polar surface area (TPSA) is 84.2 Å². The largest absolute Gasteiger partial charge is 0.352 e. The van der Waals surface area contributed by atoms with Gasteiger partial charge in [-0.05, 0) is 29.5 Å². The van der Waals surface area contributed by atoms with E-state index in [1.54, 1.807) is 0 Å². The third kappa shape index (κ3) is 4.00. The van der Waals surface area contributed by atoms with Crippen LogP contribution in [0, 0.1) is 6.92 Å². The Morgan fingerprint density at radius 3 is 2.42 bits per heavy atom. The zero-order valence-corrected chi connectivity index (χ0v) is 14.5. The molecule has 0 aliphatic heterocycles. The van der Waals surface area contributed by atoms with Gasteiger partial charge >= 0.3 is 6.03 Å². The Morgan fingerprint density at radius 2 is 1.65 bits per heavy atom. The number of urea groups is 1. The molecule has 132 valence electrons. The van der Waals surface area contributed by atoms with Crippen molar-refractivity contribution >= 4 is 28.4 Å². The molecule has 3 rings (SSSR count). The summed E-state index contributed by atoms with van der Waals surface area (Å²) in [7, 11) is 0. The number of amides is 3. The molecule has 0 saturated heterocycles. The van der Waals surface area contributed by atoms with Gasteiger partial charge in [-0.25, -0.2) is 4.79 Å². The van der Waals surface area contributed by atoms with Gasteiger partial charge in [-0.3, -0.25) is 4.79 Å². The summed E-state index contributed by atoms with van der Waals surface area (Å²) in [6.45, 7) is 1.94. The molecule has 0 saturated carbocycles. The van der Waals surface area contributed by atoms with E-state index >= 15 is 0 Å². The number of carbonyl (C=O) groups is 2. The summed E-state index contributed by atoms with van der Waals surface area (Å²) in [5, 5.41) is 7.64. The molecule has 4 N–H and O–H groups in total. The van der Waals surface area contributed by atoms with Crippen LogP contribution in [-0.4, -0.2) is 11.9 Å². The monoisotopic (exact) mass is 347 g/mol. The fourth-order valence-corrected chi connectivity index (χ4v) is 3.11. The van der Waals surface area contributed by atoms with Gasteiger partial charge in [-0.15, -0.1) is 0 Å². The average molecular weight is 347 g/mol. The highest BCUT2D eigenvalue weighted by Crippen LogP contribution is 2.25. The lowest BCUT2D eigenvalue weighted by Gasteiger charge is -2.20. The van der Waals surface area contributed by atoms with E-state index in [2.05, 4.69) is 10.6 Å². The Hall–Kier alpha value is -3.34. The van der Waals surface area contributed by atoms with Gasteiger partial charge in [0.25, 0.3) is 0 Å². The van der Waals surface area contributed by atoms with Crippen molar-refractivity contribution in [1.29, 1.82) is 0 Å². The van der Waals surface area contributed by atoms with Gasteiger partial charge < -0.3 is 16.4 Å². The first-order valence-corrected chi connectivity index (χ1v) is 8.43. The Kier molecular flexibility index (Phi) is 5.17. The number of anilines is 1. The number of hydrogen-bond acceptors (Lipinski definition) is 2. The van der Waals surface area contributed by atoms with Gasteiger partial charge in [-0.2, -0.15) is 0 Å². The van der Waals surface area contributed by atoms with Crippen LogP contribution in [0.1, 0.15) is 23.6 Å². The van der Waals surface area contributed by atoms with E-state index in [-0.39, 0.29) is 12.3 Å². The van der Waals surface area contributed by atoms with Crippen LogP contribution in [0.25, 0.3) is 10.8 Å². The fraction of sp³-hybridized carbons (Fsp3) is 0.143. The lowest BCUT2D eigenvalue weighted by molar-refractivity contribution is -0.116. The first kappa shape index (κ1) is 17.5. The van der Waals surface area contributed by atoms with Crippen LogP contribution >= 0.6 is 0 Å². The highest BCUT2D eigenvalue weighted by Gasteiger charge is 2.19. The van der Waals surface area contributed by atoms with E-state index in [1.807, 2.05) is 73.7 Å². The van der Waals surface area contributed by atoms with E-state index in [0.717, 1.165) is 27.6 Å².